The lowest BCUT2D eigenvalue weighted by atomic mass is 10.0. The van der Waals surface area contributed by atoms with Gasteiger partial charge in [0.25, 0.3) is 0 Å². The van der Waals surface area contributed by atoms with Crippen LogP contribution in [0.3, 0.4) is 0 Å². The summed E-state index contributed by atoms with van der Waals surface area (Å²) in [5.41, 5.74) is 1.41. The largest absolute Gasteiger partial charge is 0.122 e. The molecular weight excluding hydrogens is 212 g/mol. The Kier molecular flexibility index (Phi) is 2.55. The molecule has 2 aliphatic rings. The van der Waals surface area contributed by atoms with Crippen molar-refractivity contribution in [2.75, 3.05) is 0 Å². The van der Waals surface area contributed by atoms with Crippen molar-refractivity contribution < 1.29 is 0 Å². The van der Waals surface area contributed by atoms with Crippen molar-refractivity contribution in [3.05, 3.63) is 70.5 Å². The lowest BCUT2D eigenvalue weighted by Gasteiger charge is -2.16. The highest BCUT2D eigenvalue weighted by molar-refractivity contribution is 8.03. The fraction of sp³-hybridized carbons (Fsp3) is 0.0667. The second kappa shape index (κ2) is 4.18. The quantitative estimate of drug-likeness (QED) is 0.652. The van der Waals surface area contributed by atoms with Gasteiger partial charge in [-0.2, -0.15) is 0 Å². The minimum Gasteiger partial charge on any atom is -0.122 e. The third kappa shape index (κ3) is 1.68. The Morgan fingerprint density at radius 2 is 1.94 bits per heavy atom. The molecule has 0 saturated heterocycles. The molecule has 0 nitrogen and oxygen atoms in total. The van der Waals surface area contributed by atoms with Crippen LogP contribution in [0.2, 0.25) is 0 Å². The van der Waals surface area contributed by atoms with Crippen molar-refractivity contribution in [1.82, 2.24) is 0 Å². The van der Waals surface area contributed by atoms with E-state index < -0.39 is 0 Å². The minimum atomic E-state index is 0.455. The summed E-state index contributed by atoms with van der Waals surface area (Å²) in [6, 6.07) is 8.58. The predicted octanol–water partition coefficient (Wildman–Crippen LogP) is 2.37. The first-order valence-corrected chi connectivity index (χ1v) is 6.36. The van der Waals surface area contributed by atoms with Crippen LogP contribution in [0, 0.1) is 0 Å². The van der Waals surface area contributed by atoms with E-state index in [2.05, 4.69) is 66.1 Å². The minimum absolute atomic E-state index is 0.455. The number of thioether (sulfide) groups is 1. The molecule has 16 heavy (non-hydrogen) atoms. The van der Waals surface area contributed by atoms with E-state index in [0.29, 0.717) is 5.25 Å². The first-order chi connectivity index (χ1) is 7.95. The van der Waals surface area contributed by atoms with Gasteiger partial charge >= 0.3 is 0 Å². The van der Waals surface area contributed by atoms with Crippen molar-refractivity contribution in [2.24, 2.45) is 0 Å². The molecule has 0 fully saturated rings. The van der Waals surface area contributed by atoms with Gasteiger partial charge in [-0.3, -0.25) is 0 Å². The molecule has 0 spiro atoms. The monoisotopic (exact) mass is 224 g/mol. The molecule has 0 amide bonds. The van der Waals surface area contributed by atoms with Gasteiger partial charge in [-0.15, -0.1) is 11.8 Å². The summed E-state index contributed by atoms with van der Waals surface area (Å²) in [5.74, 6) is 0. The first kappa shape index (κ1) is 9.73. The summed E-state index contributed by atoms with van der Waals surface area (Å²) in [4.78, 5) is 0. The molecule has 1 aliphatic heterocycles. The van der Waals surface area contributed by atoms with Crippen LogP contribution in [0.1, 0.15) is 0 Å². The number of rotatable bonds is 0. The van der Waals surface area contributed by atoms with E-state index in [9.17, 15) is 0 Å². The van der Waals surface area contributed by atoms with Gasteiger partial charge in [-0.25, -0.2) is 0 Å². The molecule has 0 radical (unpaired) electrons. The maximum Gasteiger partial charge on any atom is 0.0527 e. The Morgan fingerprint density at radius 1 is 1.00 bits per heavy atom. The number of fused-ring (bicyclic) bond motifs is 2. The highest BCUT2D eigenvalue weighted by Crippen LogP contribution is 2.26. The molecule has 0 saturated carbocycles. The molecule has 0 aromatic heterocycles. The molecule has 78 valence electrons. The van der Waals surface area contributed by atoms with Crippen LogP contribution >= 0.6 is 11.8 Å². The molecule has 1 heteroatoms. The topological polar surface area (TPSA) is 0 Å². The van der Waals surface area contributed by atoms with Gasteiger partial charge in [0.2, 0.25) is 0 Å². The fourth-order valence-corrected chi connectivity index (χ4v) is 2.93. The Bertz CT molecular complexity index is 603. The average Bonchev–Trinajstić information content (AvgIpc) is 2.33. The Hall–Kier alpha value is -1.47. The van der Waals surface area contributed by atoms with E-state index in [4.69, 9.17) is 0 Å². The van der Waals surface area contributed by atoms with Crippen LogP contribution in [-0.2, 0) is 0 Å². The van der Waals surface area contributed by atoms with Crippen molar-refractivity contribution in [3.8, 4) is 0 Å². The maximum atomic E-state index is 2.26. The van der Waals surface area contributed by atoms with Crippen molar-refractivity contribution >= 4 is 23.4 Å². The molecule has 0 bridgehead atoms. The molecule has 3 rings (SSSR count). The summed E-state index contributed by atoms with van der Waals surface area (Å²) in [7, 11) is 0. The molecular formula is C15H12S. The zero-order valence-corrected chi connectivity index (χ0v) is 9.65. The van der Waals surface area contributed by atoms with Gasteiger partial charge < -0.3 is 0 Å². The zero-order chi connectivity index (χ0) is 10.8. The van der Waals surface area contributed by atoms with Crippen LogP contribution in [0.15, 0.2) is 60.1 Å². The average molecular weight is 224 g/mol. The first-order valence-electron chi connectivity index (χ1n) is 5.41. The van der Waals surface area contributed by atoms with Crippen LogP contribution in [0.25, 0.3) is 11.6 Å². The zero-order valence-electron chi connectivity index (χ0n) is 8.84. The van der Waals surface area contributed by atoms with E-state index >= 15 is 0 Å². The van der Waals surface area contributed by atoms with Gasteiger partial charge in [0.1, 0.15) is 0 Å². The predicted molar refractivity (Wildman–Crippen MR) is 72.4 cm³/mol. The smallest absolute Gasteiger partial charge is 0.0527 e. The third-order valence-electron chi connectivity index (χ3n) is 2.83. The highest BCUT2D eigenvalue weighted by Gasteiger charge is 2.12. The van der Waals surface area contributed by atoms with E-state index in [1.807, 2.05) is 11.8 Å². The molecule has 1 aromatic carbocycles. The third-order valence-corrected chi connectivity index (χ3v) is 3.85. The normalized spacial score (nSPS) is 25.1. The van der Waals surface area contributed by atoms with Gasteiger partial charge in [-0.1, -0.05) is 60.7 Å². The maximum absolute atomic E-state index is 2.26. The molecule has 1 unspecified atom stereocenters. The summed E-state index contributed by atoms with van der Waals surface area (Å²) in [5, 5.41) is 5.28. The van der Waals surface area contributed by atoms with E-state index in [1.165, 1.54) is 16.0 Å². The summed E-state index contributed by atoms with van der Waals surface area (Å²) >= 11 is 1.86. The van der Waals surface area contributed by atoms with Crippen molar-refractivity contribution in [1.29, 1.82) is 0 Å². The Morgan fingerprint density at radius 3 is 2.94 bits per heavy atom. The van der Waals surface area contributed by atoms with Crippen LogP contribution in [0.4, 0.5) is 0 Å². The SMILES string of the molecule is C1=CSC2C=CC=C/C2=c2\ccccc2=C1. The fourth-order valence-electron chi connectivity index (χ4n) is 2.06. The second-order valence-electron chi connectivity index (χ2n) is 3.84. The Balaban J connectivity index is 2.40. The molecule has 1 aromatic rings. The van der Waals surface area contributed by atoms with Gasteiger partial charge in [0.05, 0.1) is 5.25 Å². The standard InChI is InChI=1S/C15H12S/c1-2-8-13-12(6-1)7-5-11-16-15-10-4-3-9-14(13)15/h1-11,15H/b11-5?,12-7?,14-13-. The molecule has 1 heterocycles. The summed E-state index contributed by atoms with van der Waals surface area (Å²) < 4.78 is 0. The van der Waals surface area contributed by atoms with Gasteiger partial charge in [0.15, 0.2) is 0 Å². The van der Waals surface area contributed by atoms with Crippen molar-refractivity contribution in [3.63, 3.8) is 0 Å². The molecule has 0 N–H and O–H groups in total. The Labute approximate surface area is 99.4 Å². The number of benzene rings is 1. The second-order valence-corrected chi connectivity index (χ2v) is 4.89. The van der Waals surface area contributed by atoms with Gasteiger partial charge in [-0.05, 0) is 21.4 Å². The van der Waals surface area contributed by atoms with E-state index in [-0.39, 0.29) is 0 Å². The van der Waals surface area contributed by atoms with Crippen LogP contribution < -0.4 is 10.4 Å². The summed E-state index contributed by atoms with van der Waals surface area (Å²) in [6.07, 6.45) is 13.0. The number of hydrogen-bond donors (Lipinski definition) is 0. The van der Waals surface area contributed by atoms with Crippen LogP contribution in [0.5, 0.6) is 0 Å². The highest BCUT2D eigenvalue weighted by atomic mass is 32.2. The molecule has 1 aliphatic carbocycles. The molecule has 1 atom stereocenters. The summed E-state index contributed by atoms with van der Waals surface area (Å²) in [6.45, 7) is 0. The number of hydrogen-bond acceptors (Lipinski definition) is 1. The number of allylic oxidation sites excluding steroid dienone is 4. The van der Waals surface area contributed by atoms with Crippen molar-refractivity contribution in [2.45, 2.75) is 5.25 Å². The van der Waals surface area contributed by atoms with E-state index in [1.54, 1.807) is 0 Å². The van der Waals surface area contributed by atoms with Gasteiger partial charge in [0, 0.05) is 0 Å². The van der Waals surface area contributed by atoms with Crippen LogP contribution in [-0.4, -0.2) is 5.25 Å². The lowest BCUT2D eigenvalue weighted by Crippen LogP contribution is -2.29. The van der Waals surface area contributed by atoms with E-state index in [0.717, 1.165) is 0 Å². The lowest BCUT2D eigenvalue weighted by molar-refractivity contribution is 1.36.